The van der Waals surface area contributed by atoms with Crippen molar-refractivity contribution in [1.82, 2.24) is 5.32 Å². The zero-order valence-electron chi connectivity index (χ0n) is 11.7. The van der Waals surface area contributed by atoms with Crippen LogP contribution in [-0.4, -0.2) is 26.1 Å². The fraction of sp³-hybridized carbons (Fsp3) is 0.600. The molecular formula is C15H21F2NO. The van der Waals surface area contributed by atoms with Crippen molar-refractivity contribution in [1.29, 1.82) is 0 Å². The number of hydrogen-bond donors (Lipinski definition) is 1. The summed E-state index contributed by atoms with van der Waals surface area (Å²) in [5.74, 6) is -2.35. The van der Waals surface area contributed by atoms with Gasteiger partial charge in [0.2, 0.25) is 0 Å². The first-order valence-electron chi connectivity index (χ1n) is 6.72. The van der Waals surface area contributed by atoms with Crippen LogP contribution < -0.4 is 10.1 Å². The Morgan fingerprint density at radius 3 is 2.68 bits per heavy atom. The van der Waals surface area contributed by atoms with Crippen molar-refractivity contribution in [3.05, 3.63) is 29.3 Å². The normalized spacial score (nSPS) is 22.5. The highest BCUT2D eigenvalue weighted by Crippen LogP contribution is 2.40. The Labute approximate surface area is 113 Å². The molecule has 0 aliphatic carbocycles. The number of piperidine rings is 1. The van der Waals surface area contributed by atoms with Gasteiger partial charge in [-0.1, -0.05) is 26.0 Å². The summed E-state index contributed by atoms with van der Waals surface area (Å²) in [6.07, 6.45) is 0.469. The van der Waals surface area contributed by atoms with Crippen LogP contribution in [0.2, 0.25) is 0 Å². The van der Waals surface area contributed by atoms with E-state index >= 15 is 0 Å². The summed E-state index contributed by atoms with van der Waals surface area (Å²) >= 11 is 0. The molecule has 0 spiro atoms. The molecule has 1 heterocycles. The lowest BCUT2D eigenvalue weighted by molar-refractivity contribution is -0.0420. The van der Waals surface area contributed by atoms with E-state index in [1.165, 1.54) is 0 Å². The van der Waals surface area contributed by atoms with E-state index in [2.05, 4.69) is 5.32 Å². The third-order valence-electron chi connectivity index (χ3n) is 3.76. The molecule has 1 unspecified atom stereocenters. The summed E-state index contributed by atoms with van der Waals surface area (Å²) in [7, 11) is 1.61. The number of hydrogen-bond acceptors (Lipinski definition) is 2. The number of halogens is 2. The first kappa shape index (κ1) is 14.3. The molecule has 1 aliphatic heterocycles. The quantitative estimate of drug-likeness (QED) is 0.906. The van der Waals surface area contributed by atoms with Gasteiger partial charge in [-0.2, -0.15) is 0 Å². The van der Waals surface area contributed by atoms with Gasteiger partial charge >= 0.3 is 0 Å². The minimum Gasteiger partial charge on any atom is -0.496 e. The van der Waals surface area contributed by atoms with Crippen molar-refractivity contribution in [2.24, 2.45) is 0 Å². The summed E-state index contributed by atoms with van der Waals surface area (Å²) < 4.78 is 33.3. The van der Waals surface area contributed by atoms with Crippen molar-refractivity contribution in [3.8, 4) is 5.75 Å². The summed E-state index contributed by atoms with van der Waals surface area (Å²) in [5.41, 5.74) is 1.71. The molecule has 0 radical (unpaired) electrons. The summed E-state index contributed by atoms with van der Waals surface area (Å²) in [6.45, 7) is 4.49. The zero-order valence-corrected chi connectivity index (χ0v) is 11.7. The number of alkyl halides is 2. The van der Waals surface area contributed by atoms with E-state index in [9.17, 15) is 8.78 Å². The molecule has 2 nitrogen and oxygen atoms in total. The predicted molar refractivity (Wildman–Crippen MR) is 72.3 cm³/mol. The molecule has 0 saturated carbocycles. The molecular weight excluding hydrogens is 248 g/mol. The third kappa shape index (κ3) is 2.89. The second kappa shape index (κ2) is 5.45. The van der Waals surface area contributed by atoms with Crippen molar-refractivity contribution >= 4 is 0 Å². The topological polar surface area (TPSA) is 21.3 Å². The molecule has 1 fully saturated rings. The van der Waals surface area contributed by atoms with Crippen LogP contribution in [0.15, 0.2) is 18.2 Å². The largest absolute Gasteiger partial charge is 0.496 e. The van der Waals surface area contributed by atoms with Gasteiger partial charge in [-0.25, -0.2) is 8.78 Å². The molecule has 0 aromatic heterocycles. The average Bonchev–Trinajstić information content (AvgIpc) is 2.37. The summed E-state index contributed by atoms with van der Waals surface area (Å²) in [6, 6.07) is 5.46. The van der Waals surface area contributed by atoms with Crippen LogP contribution >= 0.6 is 0 Å². The average molecular weight is 269 g/mol. The molecule has 1 atom stereocenters. The monoisotopic (exact) mass is 269 g/mol. The van der Waals surface area contributed by atoms with E-state index in [1.54, 1.807) is 13.2 Å². The van der Waals surface area contributed by atoms with Gasteiger partial charge in [0.05, 0.1) is 19.6 Å². The predicted octanol–water partition coefficient (Wildman–Crippen LogP) is 3.53. The van der Waals surface area contributed by atoms with Gasteiger partial charge in [0.15, 0.2) is 0 Å². The highest BCUT2D eigenvalue weighted by molar-refractivity contribution is 5.41. The zero-order chi connectivity index (χ0) is 14.0. The minimum absolute atomic E-state index is 0.235. The molecule has 0 amide bonds. The maximum atomic E-state index is 14.0. The van der Waals surface area contributed by atoms with Crippen molar-refractivity contribution < 1.29 is 13.5 Å². The van der Waals surface area contributed by atoms with Gasteiger partial charge in [-0.3, -0.25) is 0 Å². The Bertz CT molecular complexity index is 446. The van der Waals surface area contributed by atoms with Gasteiger partial charge in [-0.05, 0) is 36.1 Å². The number of rotatable bonds is 3. The lowest BCUT2D eigenvalue weighted by atomic mass is 9.85. The van der Waals surface area contributed by atoms with Gasteiger partial charge in [0.1, 0.15) is 5.75 Å². The van der Waals surface area contributed by atoms with Gasteiger partial charge < -0.3 is 10.1 Å². The van der Waals surface area contributed by atoms with E-state index in [-0.39, 0.29) is 12.5 Å². The SMILES string of the molecule is COc1ccc(C2CCNCC2(F)F)cc1C(C)C. The van der Waals surface area contributed by atoms with E-state index < -0.39 is 11.8 Å². The van der Waals surface area contributed by atoms with Gasteiger partial charge in [0, 0.05) is 0 Å². The van der Waals surface area contributed by atoms with Crippen LogP contribution in [0.3, 0.4) is 0 Å². The van der Waals surface area contributed by atoms with Crippen LogP contribution in [-0.2, 0) is 0 Å². The fourth-order valence-corrected chi connectivity index (χ4v) is 2.67. The smallest absolute Gasteiger partial charge is 0.267 e. The van der Waals surface area contributed by atoms with Crippen molar-refractivity contribution in [3.63, 3.8) is 0 Å². The lowest BCUT2D eigenvalue weighted by Crippen LogP contribution is -2.44. The molecule has 106 valence electrons. The Kier molecular flexibility index (Phi) is 4.09. The highest BCUT2D eigenvalue weighted by Gasteiger charge is 2.42. The van der Waals surface area contributed by atoms with E-state index in [0.717, 1.165) is 16.9 Å². The molecule has 0 bridgehead atoms. The number of nitrogens with one attached hydrogen (secondary N) is 1. The second-order valence-corrected chi connectivity index (χ2v) is 5.44. The van der Waals surface area contributed by atoms with E-state index in [4.69, 9.17) is 4.74 Å². The third-order valence-corrected chi connectivity index (χ3v) is 3.76. The van der Waals surface area contributed by atoms with E-state index in [0.29, 0.717) is 13.0 Å². The molecule has 1 aromatic carbocycles. The fourth-order valence-electron chi connectivity index (χ4n) is 2.67. The maximum absolute atomic E-state index is 14.0. The second-order valence-electron chi connectivity index (χ2n) is 5.44. The van der Waals surface area contributed by atoms with Gasteiger partial charge in [-0.15, -0.1) is 0 Å². The molecule has 4 heteroatoms. The van der Waals surface area contributed by atoms with Gasteiger partial charge in [0.25, 0.3) is 5.92 Å². The minimum atomic E-state index is -2.68. The highest BCUT2D eigenvalue weighted by atomic mass is 19.3. The van der Waals surface area contributed by atoms with Crippen molar-refractivity contribution in [2.45, 2.75) is 38.0 Å². The Morgan fingerprint density at radius 1 is 1.37 bits per heavy atom. The van der Waals surface area contributed by atoms with Crippen molar-refractivity contribution in [2.75, 3.05) is 20.2 Å². The van der Waals surface area contributed by atoms with Crippen LogP contribution in [0.1, 0.15) is 43.2 Å². The first-order chi connectivity index (χ1) is 8.95. The Balaban J connectivity index is 2.37. The molecule has 1 saturated heterocycles. The summed E-state index contributed by atoms with van der Waals surface area (Å²) in [4.78, 5) is 0. The van der Waals surface area contributed by atoms with Crippen LogP contribution in [0.5, 0.6) is 5.75 Å². The summed E-state index contributed by atoms with van der Waals surface area (Å²) in [5, 5.41) is 2.76. The number of ether oxygens (including phenoxy) is 1. The molecule has 1 N–H and O–H groups in total. The standard InChI is InChI=1S/C15H21F2NO/c1-10(2)12-8-11(4-5-14(12)19-3)13-6-7-18-9-15(13,16)17/h4-5,8,10,13,18H,6-7,9H2,1-3H3. The van der Waals surface area contributed by atoms with Crippen LogP contribution in [0.4, 0.5) is 8.78 Å². The Hall–Kier alpha value is -1.16. The molecule has 2 rings (SSSR count). The van der Waals surface area contributed by atoms with Crippen LogP contribution in [0, 0.1) is 0 Å². The maximum Gasteiger partial charge on any atom is 0.267 e. The molecule has 1 aliphatic rings. The number of benzene rings is 1. The van der Waals surface area contributed by atoms with Crippen LogP contribution in [0.25, 0.3) is 0 Å². The lowest BCUT2D eigenvalue weighted by Gasteiger charge is -2.32. The Morgan fingerprint density at radius 2 is 2.11 bits per heavy atom. The first-order valence-corrected chi connectivity index (χ1v) is 6.72. The molecule has 1 aromatic rings. The molecule has 19 heavy (non-hydrogen) atoms. The van der Waals surface area contributed by atoms with E-state index in [1.807, 2.05) is 26.0 Å². The number of methoxy groups -OCH3 is 1.